The predicted octanol–water partition coefficient (Wildman–Crippen LogP) is 1.41. The highest BCUT2D eigenvalue weighted by Crippen LogP contribution is 2.24. The SMILES string of the molecule is CCC(C)SCC(CC1CCCN(S(C)(=O)=O)C1)NN. The molecule has 0 amide bonds. The van der Waals surface area contributed by atoms with Crippen LogP contribution in [0.25, 0.3) is 0 Å². The van der Waals surface area contributed by atoms with Gasteiger partial charge in [0.05, 0.1) is 6.26 Å². The molecule has 0 aliphatic carbocycles. The van der Waals surface area contributed by atoms with Gasteiger partial charge in [-0.25, -0.2) is 12.7 Å². The fourth-order valence-electron chi connectivity index (χ4n) is 2.51. The van der Waals surface area contributed by atoms with E-state index in [0.29, 0.717) is 24.3 Å². The highest BCUT2D eigenvalue weighted by Gasteiger charge is 2.27. The van der Waals surface area contributed by atoms with Gasteiger partial charge in [-0.2, -0.15) is 11.8 Å². The summed E-state index contributed by atoms with van der Waals surface area (Å²) in [4.78, 5) is 0. The van der Waals surface area contributed by atoms with E-state index >= 15 is 0 Å². The number of piperidine rings is 1. The summed E-state index contributed by atoms with van der Waals surface area (Å²) < 4.78 is 24.9. The molecule has 3 atom stereocenters. The number of rotatable bonds is 8. The van der Waals surface area contributed by atoms with Crippen molar-refractivity contribution in [1.82, 2.24) is 9.73 Å². The first-order valence-electron chi connectivity index (χ1n) is 7.39. The zero-order valence-corrected chi connectivity index (χ0v) is 14.5. The minimum atomic E-state index is -3.05. The predicted molar refractivity (Wildman–Crippen MR) is 87.1 cm³/mol. The van der Waals surface area contributed by atoms with E-state index in [2.05, 4.69) is 19.3 Å². The lowest BCUT2D eigenvalue weighted by Gasteiger charge is -2.33. The summed E-state index contributed by atoms with van der Waals surface area (Å²) in [5.74, 6) is 7.04. The van der Waals surface area contributed by atoms with Crippen LogP contribution < -0.4 is 11.3 Å². The maximum Gasteiger partial charge on any atom is 0.211 e. The molecular formula is C13H29N3O2S2. The van der Waals surface area contributed by atoms with Gasteiger partial charge >= 0.3 is 0 Å². The molecule has 0 spiro atoms. The molecule has 1 rings (SSSR count). The molecule has 0 aromatic rings. The molecule has 20 heavy (non-hydrogen) atoms. The van der Waals surface area contributed by atoms with Crippen molar-refractivity contribution >= 4 is 21.8 Å². The summed E-state index contributed by atoms with van der Waals surface area (Å²) in [6.07, 6.45) is 5.46. The van der Waals surface area contributed by atoms with Crippen molar-refractivity contribution in [1.29, 1.82) is 0 Å². The van der Waals surface area contributed by atoms with Crippen LogP contribution in [-0.4, -0.2) is 49.1 Å². The van der Waals surface area contributed by atoms with Crippen LogP contribution in [0.15, 0.2) is 0 Å². The van der Waals surface area contributed by atoms with Crippen molar-refractivity contribution in [3.05, 3.63) is 0 Å². The molecule has 1 fully saturated rings. The minimum absolute atomic E-state index is 0.263. The van der Waals surface area contributed by atoms with Crippen LogP contribution in [0.2, 0.25) is 0 Å². The van der Waals surface area contributed by atoms with Gasteiger partial charge in [0.1, 0.15) is 0 Å². The second-order valence-electron chi connectivity index (χ2n) is 5.78. The molecule has 3 N–H and O–H groups in total. The topological polar surface area (TPSA) is 75.4 Å². The Morgan fingerprint density at radius 1 is 1.50 bits per heavy atom. The number of nitrogens with one attached hydrogen (secondary N) is 1. The normalized spacial score (nSPS) is 24.5. The zero-order valence-electron chi connectivity index (χ0n) is 12.8. The summed E-state index contributed by atoms with van der Waals surface area (Å²) in [6, 6.07) is 0.263. The van der Waals surface area contributed by atoms with Crippen LogP contribution >= 0.6 is 11.8 Å². The van der Waals surface area contributed by atoms with E-state index in [9.17, 15) is 8.42 Å². The Hall–Kier alpha value is 0.180. The maximum atomic E-state index is 11.6. The number of hydrogen-bond donors (Lipinski definition) is 2. The zero-order chi connectivity index (χ0) is 15.2. The van der Waals surface area contributed by atoms with Gasteiger partial charge in [0.25, 0.3) is 0 Å². The molecular weight excluding hydrogens is 294 g/mol. The van der Waals surface area contributed by atoms with E-state index in [-0.39, 0.29) is 6.04 Å². The molecule has 7 heteroatoms. The molecule has 1 aliphatic heterocycles. The third-order valence-electron chi connectivity index (χ3n) is 3.96. The molecule has 0 aromatic heterocycles. The molecule has 120 valence electrons. The first-order valence-corrected chi connectivity index (χ1v) is 10.3. The molecule has 1 saturated heterocycles. The van der Waals surface area contributed by atoms with Crippen LogP contribution in [0.5, 0.6) is 0 Å². The van der Waals surface area contributed by atoms with E-state index in [1.165, 1.54) is 6.26 Å². The fourth-order valence-corrected chi connectivity index (χ4v) is 4.48. The van der Waals surface area contributed by atoms with Crippen LogP contribution in [-0.2, 0) is 10.0 Å². The Morgan fingerprint density at radius 2 is 2.20 bits per heavy atom. The second-order valence-corrected chi connectivity index (χ2v) is 9.23. The summed E-state index contributed by atoms with van der Waals surface area (Å²) >= 11 is 1.93. The lowest BCUT2D eigenvalue weighted by Crippen LogP contribution is -2.44. The average Bonchev–Trinajstić information content (AvgIpc) is 2.42. The van der Waals surface area contributed by atoms with Gasteiger partial charge in [-0.15, -0.1) is 0 Å². The van der Waals surface area contributed by atoms with E-state index < -0.39 is 10.0 Å². The monoisotopic (exact) mass is 323 g/mol. The van der Waals surface area contributed by atoms with Gasteiger partial charge < -0.3 is 0 Å². The Labute approximate surface area is 128 Å². The maximum absolute atomic E-state index is 11.6. The van der Waals surface area contributed by atoms with Crippen molar-refractivity contribution in [2.24, 2.45) is 11.8 Å². The fraction of sp³-hybridized carbons (Fsp3) is 1.00. The van der Waals surface area contributed by atoms with Crippen molar-refractivity contribution in [2.45, 2.75) is 50.8 Å². The Bertz CT molecular complexity index is 376. The van der Waals surface area contributed by atoms with Crippen molar-refractivity contribution in [3.8, 4) is 0 Å². The smallest absolute Gasteiger partial charge is 0.211 e. The van der Waals surface area contributed by atoms with E-state index in [4.69, 9.17) is 5.84 Å². The number of thioether (sulfide) groups is 1. The summed E-state index contributed by atoms with van der Waals surface area (Å²) in [5, 5.41) is 0.643. The van der Waals surface area contributed by atoms with E-state index in [1.807, 2.05) is 11.8 Å². The van der Waals surface area contributed by atoms with Gasteiger partial charge in [-0.3, -0.25) is 11.3 Å². The Morgan fingerprint density at radius 3 is 2.75 bits per heavy atom. The first kappa shape index (κ1) is 18.2. The number of sulfonamides is 1. The third kappa shape index (κ3) is 6.30. The van der Waals surface area contributed by atoms with Gasteiger partial charge in [0, 0.05) is 30.1 Å². The van der Waals surface area contributed by atoms with Crippen molar-refractivity contribution in [2.75, 3.05) is 25.1 Å². The summed E-state index contributed by atoms with van der Waals surface area (Å²) in [5.41, 5.74) is 2.89. The van der Waals surface area contributed by atoms with Gasteiger partial charge in [-0.1, -0.05) is 13.8 Å². The summed E-state index contributed by atoms with van der Waals surface area (Å²) in [7, 11) is -3.05. The molecule has 1 heterocycles. The molecule has 0 aromatic carbocycles. The first-order chi connectivity index (χ1) is 9.36. The van der Waals surface area contributed by atoms with Crippen LogP contribution in [0.4, 0.5) is 0 Å². The second kappa shape index (κ2) is 8.58. The number of nitrogens with two attached hydrogens (primary N) is 1. The van der Waals surface area contributed by atoms with Crippen LogP contribution in [0.3, 0.4) is 0 Å². The molecule has 3 unspecified atom stereocenters. The highest BCUT2D eigenvalue weighted by molar-refractivity contribution is 7.99. The van der Waals surface area contributed by atoms with E-state index in [0.717, 1.165) is 31.4 Å². The summed E-state index contributed by atoms with van der Waals surface area (Å²) in [6.45, 7) is 5.72. The lowest BCUT2D eigenvalue weighted by molar-refractivity contribution is 0.242. The minimum Gasteiger partial charge on any atom is -0.271 e. The largest absolute Gasteiger partial charge is 0.271 e. The van der Waals surface area contributed by atoms with E-state index in [1.54, 1.807) is 4.31 Å². The van der Waals surface area contributed by atoms with Crippen LogP contribution in [0, 0.1) is 5.92 Å². The quantitative estimate of drug-likeness (QED) is 0.522. The Kier molecular flexibility index (Phi) is 7.82. The van der Waals surface area contributed by atoms with Crippen molar-refractivity contribution in [3.63, 3.8) is 0 Å². The van der Waals surface area contributed by atoms with Gasteiger partial charge in [0.2, 0.25) is 10.0 Å². The molecule has 0 bridgehead atoms. The Balaban J connectivity index is 2.44. The molecule has 1 aliphatic rings. The highest BCUT2D eigenvalue weighted by atomic mass is 32.2. The van der Waals surface area contributed by atoms with Crippen LogP contribution in [0.1, 0.15) is 39.5 Å². The number of nitrogens with zero attached hydrogens (tertiary/aromatic N) is 1. The standard InChI is InChI=1S/C13H29N3O2S2/c1-4-11(2)19-10-13(15-14)8-12-6-5-7-16(9-12)20(3,17)18/h11-13,15H,4-10,14H2,1-3H3. The number of hydrazine groups is 1. The van der Waals surface area contributed by atoms with Crippen molar-refractivity contribution < 1.29 is 8.42 Å². The molecule has 0 radical (unpaired) electrons. The van der Waals surface area contributed by atoms with Gasteiger partial charge in [-0.05, 0) is 31.6 Å². The molecule has 0 saturated carbocycles. The average molecular weight is 324 g/mol. The number of hydrogen-bond acceptors (Lipinski definition) is 5. The molecule has 5 nitrogen and oxygen atoms in total. The lowest BCUT2D eigenvalue weighted by atomic mass is 9.93. The van der Waals surface area contributed by atoms with Gasteiger partial charge in [0.15, 0.2) is 0 Å². The third-order valence-corrected chi connectivity index (χ3v) is 6.73.